The van der Waals surface area contributed by atoms with Crippen molar-refractivity contribution in [1.29, 1.82) is 0 Å². The third kappa shape index (κ3) is 14.4. The number of aromatic nitrogens is 2. The predicted octanol–water partition coefficient (Wildman–Crippen LogP) is 0.550. The highest BCUT2D eigenvalue weighted by molar-refractivity contribution is 6.22. The lowest BCUT2D eigenvalue weighted by Gasteiger charge is -1.70. The van der Waals surface area contributed by atoms with Gasteiger partial charge in [0.1, 0.15) is 0 Å². The number of nitrogens with zero attached hydrogens (tertiary/aromatic N) is 2. The highest BCUT2D eigenvalue weighted by Crippen LogP contribution is 1.74. The van der Waals surface area contributed by atoms with E-state index in [9.17, 15) is 0 Å². The fraction of sp³-hybridized carbons (Fsp3) is 0. The molecule has 2 N–H and O–H groups in total. The zero-order valence-electron chi connectivity index (χ0n) is 8.47. The van der Waals surface area contributed by atoms with Crippen LogP contribution in [0.1, 0.15) is 0 Å². The van der Waals surface area contributed by atoms with Gasteiger partial charge in [0, 0.05) is 24.8 Å². The molecule has 0 saturated heterocycles. The fourth-order valence-corrected chi connectivity index (χ4v) is 0.625. The van der Waals surface area contributed by atoms with Crippen molar-refractivity contribution in [2.75, 3.05) is 0 Å². The van der Waals surface area contributed by atoms with Gasteiger partial charge in [-0.15, -0.1) is 0 Å². The molecule has 0 aliphatic heterocycles. The summed E-state index contributed by atoms with van der Waals surface area (Å²) in [5, 5.41) is 0. The molecule has 5 nitrogen and oxygen atoms in total. The maximum absolute atomic E-state index is 8.74. The molecule has 84 valence electrons. The Balaban J connectivity index is 0.000000217. The molecule has 0 spiro atoms. The first-order valence-electron chi connectivity index (χ1n) is 4.35. The first kappa shape index (κ1) is 13.9. The predicted molar refractivity (Wildman–Crippen MR) is 59.4 cm³/mol. The van der Waals surface area contributed by atoms with E-state index in [1.807, 2.05) is 36.4 Å². The Hall–Kier alpha value is -2.08. The molecule has 2 rings (SSSR count). The average molecular weight is 236 g/mol. The first-order chi connectivity index (χ1) is 7.73. The molecule has 0 amide bonds. The molecule has 0 radical (unpaired) electrons. The van der Waals surface area contributed by atoms with E-state index in [4.69, 9.17) is 14.1 Å². The summed E-state index contributed by atoms with van der Waals surface area (Å²) in [7, 11) is -3.13. The third-order valence-corrected chi connectivity index (χ3v) is 1.13. The molecule has 2 aromatic rings. The van der Waals surface area contributed by atoms with Gasteiger partial charge in [0.15, 0.2) is 0 Å². The second kappa shape index (κ2) is 11.0. The van der Waals surface area contributed by atoms with Crippen LogP contribution in [0.3, 0.4) is 0 Å². The summed E-state index contributed by atoms with van der Waals surface area (Å²) in [6, 6.07) is 11.4. The standard InChI is InChI=1S/2C5H5N.H2O3Si/c2*1-2-4-6-5-3-1;1-4(2)3/h2*1-5H;1-2H. The van der Waals surface area contributed by atoms with Gasteiger partial charge in [0.2, 0.25) is 0 Å². The fourth-order valence-electron chi connectivity index (χ4n) is 0.625. The number of hydrogen-bond donors (Lipinski definition) is 2. The zero-order valence-corrected chi connectivity index (χ0v) is 9.47. The van der Waals surface area contributed by atoms with E-state index in [1.165, 1.54) is 0 Å². The molecule has 0 unspecified atom stereocenters. The summed E-state index contributed by atoms with van der Waals surface area (Å²) in [6.45, 7) is 0. The largest absolute Gasteiger partial charge is 0.761 e. The van der Waals surface area contributed by atoms with Crippen LogP contribution in [0.5, 0.6) is 0 Å². The van der Waals surface area contributed by atoms with Crippen LogP contribution in [0.4, 0.5) is 0 Å². The Morgan fingerprint density at radius 3 is 1.00 bits per heavy atom. The van der Waals surface area contributed by atoms with Gasteiger partial charge in [0.25, 0.3) is 0 Å². The quantitative estimate of drug-likeness (QED) is 0.653. The van der Waals surface area contributed by atoms with E-state index < -0.39 is 9.17 Å². The lowest BCUT2D eigenvalue weighted by molar-refractivity contribution is 0.330. The van der Waals surface area contributed by atoms with Gasteiger partial charge >= 0.3 is 9.17 Å². The van der Waals surface area contributed by atoms with E-state index in [1.54, 1.807) is 24.8 Å². The Morgan fingerprint density at radius 2 is 0.938 bits per heavy atom. The highest BCUT2D eigenvalue weighted by atomic mass is 28.3. The van der Waals surface area contributed by atoms with Crippen molar-refractivity contribution in [3.05, 3.63) is 61.2 Å². The van der Waals surface area contributed by atoms with Gasteiger partial charge < -0.3 is 9.59 Å². The first-order valence-corrected chi connectivity index (χ1v) is 5.65. The summed E-state index contributed by atoms with van der Waals surface area (Å²) >= 11 is 0. The monoisotopic (exact) mass is 236 g/mol. The molecule has 0 aromatic carbocycles. The van der Waals surface area contributed by atoms with Crippen LogP contribution in [0.2, 0.25) is 0 Å². The Labute approximate surface area is 95.0 Å². The molecule has 16 heavy (non-hydrogen) atoms. The van der Waals surface area contributed by atoms with Crippen LogP contribution in [-0.2, 0) is 4.46 Å². The Bertz CT molecular complexity index is 270. The van der Waals surface area contributed by atoms with Gasteiger partial charge in [-0.2, -0.15) is 0 Å². The van der Waals surface area contributed by atoms with E-state index in [0.29, 0.717) is 0 Å². The highest BCUT2D eigenvalue weighted by Gasteiger charge is 1.85. The minimum atomic E-state index is -3.13. The molecule has 0 saturated carbocycles. The van der Waals surface area contributed by atoms with Crippen molar-refractivity contribution in [1.82, 2.24) is 9.97 Å². The summed E-state index contributed by atoms with van der Waals surface area (Å²) in [5.41, 5.74) is 0. The minimum absolute atomic E-state index is 1.75. The number of rotatable bonds is 0. The molecular weight excluding hydrogens is 224 g/mol. The van der Waals surface area contributed by atoms with E-state index in [-0.39, 0.29) is 0 Å². The summed E-state index contributed by atoms with van der Waals surface area (Å²) in [4.78, 5) is 21.9. The topological polar surface area (TPSA) is 83.3 Å². The molecule has 2 heterocycles. The van der Waals surface area contributed by atoms with Crippen molar-refractivity contribution in [2.24, 2.45) is 0 Å². The molecule has 0 bridgehead atoms. The van der Waals surface area contributed by atoms with Crippen LogP contribution in [0.25, 0.3) is 0 Å². The van der Waals surface area contributed by atoms with Crippen LogP contribution in [0, 0.1) is 0 Å². The van der Waals surface area contributed by atoms with Crippen LogP contribution in [0.15, 0.2) is 61.2 Å². The minimum Gasteiger partial charge on any atom is -0.511 e. The lowest BCUT2D eigenvalue weighted by atomic mass is 10.5. The van der Waals surface area contributed by atoms with Crippen LogP contribution < -0.4 is 0 Å². The molecule has 0 aliphatic carbocycles. The average Bonchev–Trinajstić information content (AvgIpc) is 2.34. The number of pyridine rings is 2. The number of hydrogen-bond acceptors (Lipinski definition) is 3. The van der Waals surface area contributed by atoms with E-state index in [0.717, 1.165) is 0 Å². The molecular formula is C10H12N2O3Si. The summed E-state index contributed by atoms with van der Waals surface area (Å²) in [5.74, 6) is 0. The second-order valence-corrected chi connectivity index (χ2v) is 2.90. The molecule has 2 aromatic heterocycles. The summed E-state index contributed by atoms with van der Waals surface area (Å²) in [6.07, 6.45) is 7.00. The van der Waals surface area contributed by atoms with Crippen molar-refractivity contribution in [3.8, 4) is 0 Å². The van der Waals surface area contributed by atoms with E-state index in [2.05, 4.69) is 9.97 Å². The summed E-state index contributed by atoms with van der Waals surface area (Å²) < 4.78 is 8.74. The van der Waals surface area contributed by atoms with Gasteiger partial charge in [-0.1, -0.05) is 12.1 Å². The third-order valence-electron chi connectivity index (χ3n) is 1.13. The maximum Gasteiger partial charge on any atom is 0.761 e. The van der Waals surface area contributed by atoms with Gasteiger partial charge in [-0.3, -0.25) is 14.4 Å². The van der Waals surface area contributed by atoms with Crippen LogP contribution >= 0.6 is 0 Å². The zero-order chi connectivity index (χ0) is 12.1. The second-order valence-electron chi connectivity index (χ2n) is 2.33. The lowest BCUT2D eigenvalue weighted by Crippen LogP contribution is -1.90. The smallest absolute Gasteiger partial charge is 0.511 e. The van der Waals surface area contributed by atoms with Crippen LogP contribution in [-0.4, -0.2) is 28.7 Å². The SMILES string of the molecule is O=[Si](O)O.c1ccncc1.c1ccncc1. The Morgan fingerprint density at radius 1 is 0.688 bits per heavy atom. The van der Waals surface area contributed by atoms with Gasteiger partial charge in [-0.05, 0) is 24.3 Å². The van der Waals surface area contributed by atoms with Gasteiger partial charge in [-0.25, -0.2) is 0 Å². The molecule has 6 heteroatoms. The van der Waals surface area contributed by atoms with Crippen molar-refractivity contribution in [3.63, 3.8) is 0 Å². The molecule has 0 atom stereocenters. The van der Waals surface area contributed by atoms with E-state index >= 15 is 0 Å². The molecule has 0 aliphatic rings. The van der Waals surface area contributed by atoms with Crippen molar-refractivity contribution >= 4 is 9.17 Å². The van der Waals surface area contributed by atoms with Crippen molar-refractivity contribution < 1.29 is 14.1 Å². The maximum atomic E-state index is 8.74. The van der Waals surface area contributed by atoms with Gasteiger partial charge in [0.05, 0.1) is 0 Å². The van der Waals surface area contributed by atoms with Crippen molar-refractivity contribution in [2.45, 2.75) is 0 Å². The normalized spacial score (nSPS) is 7.50. The molecule has 0 fully saturated rings. The Kier molecular flexibility index (Phi) is 9.56.